The quantitative estimate of drug-likeness (QED) is 0.879. The molecule has 4 aliphatic rings. The number of carboxylic acids is 1. The zero-order chi connectivity index (χ0) is 13.1. The molecule has 0 spiro atoms. The molecule has 0 aromatic carbocycles. The molecule has 1 aromatic heterocycles. The molecule has 1 N–H and O–H groups in total. The minimum Gasteiger partial charge on any atom is -0.475 e. The summed E-state index contributed by atoms with van der Waals surface area (Å²) in [5, 5.41) is 9.08. The van der Waals surface area contributed by atoms with E-state index in [2.05, 4.69) is 0 Å². The summed E-state index contributed by atoms with van der Waals surface area (Å²) in [6.07, 6.45) is 6.86. The van der Waals surface area contributed by atoms with Crippen LogP contribution in [0.4, 0.5) is 0 Å². The first-order valence-electron chi connectivity index (χ1n) is 7.45. The molecule has 4 aliphatic carbocycles. The van der Waals surface area contributed by atoms with Gasteiger partial charge >= 0.3 is 5.97 Å². The van der Waals surface area contributed by atoms with Gasteiger partial charge in [-0.1, -0.05) is 0 Å². The van der Waals surface area contributed by atoms with Gasteiger partial charge in [-0.15, -0.1) is 0 Å². The molecular weight excluding hydrogens is 240 g/mol. The molecule has 0 aliphatic heterocycles. The van der Waals surface area contributed by atoms with Crippen LogP contribution in [0, 0.1) is 30.6 Å². The van der Waals surface area contributed by atoms with Crippen molar-refractivity contribution in [3.63, 3.8) is 0 Å². The van der Waals surface area contributed by atoms with Crippen LogP contribution in [0.5, 0.6) is 0 Å². The van der Waals surface area contributed by atoms with Gasteiger partial charge in [0.05, 0.1) is 0 Å². The van der Waals surface area contributed by atoms with E-state index in [-0.39, 0.29) is 5.76 Å². The van der Waals surface area contributed by atoms with Crippen molar-refractivity contribution in [2.45, 2.75) is 44.9 Å². The van der Waals surface area contributed by atoms with Crippen LogP contribution in [-0.4, -0.2) is 11.1 Å². The van der Waals surface area contributed by atoms with E-state index in [1.165, 1.54) is 37.7 Å². The number of carboxylic acid groups (broad SMARTS) is 1. The van der Waals surface area contributed by atoms with Crippen LogP contribution in [0.15, 0.2) is 10.5 Å². The fraction of sp³-hybridized carbons (Fsp3) is 0.688. The van der Waals surface area contributed by atoms with Crippen molar-refractivity contribution in [2.75, 3.05) is 0 Å². The summed E-state index contributed by atoms with van der Waals surface area (Å²) in [6.45, 7) is 1.92. The Morgan fingerprint density at radius 3 is 2.21 bits per heavy atom. The number of hydrogen-bond acceptors (Lipinski definition) is 2. The van der Waals surface area contributed by atoms with Crippen molar-refractivity contribution in [3.8, 4) is 0 Å². The molecule has 4 bridgehead atoms. The maximum Gasteiger partial charge on any atom is 0.371 e. The molecule has 0 amide bonds. The standard InChI is InChI=1S/C16H20O3/c1-8-13(7-14(19-8)16(17)18)15-11-3-9-2-10(5-11)6-12(15)4-9/h7,9-12,15H,2-6H2,1H3,(H,17,18). The lowest BCUT2D eigenvalue weighted by Crippen LogP contribution is -2.43. The van der Waals surface area contributed by atoms with E-state index < -0.39 is 5.97 Å². The van der Waals surface area contributed by atoms with Crippen LogP contribution >= 0.6 is 0 Å². The second-order valence-corrected chi connectivity index (χ2v) is 6.88. The highest BCUT2D eigenvalue weighted by Crippen LogP contribution is 2.60. The largest absolute Gasteiger partial charge is 0.475 e. The van der Waals surface area contributed by atoms with Crippen LogP contribution in [0.1, 0.15) is 59.9 Å². The summed E-state index contributed by atoms with van der Waals surface area (Å²) in [6, 6.07) is 1.80. The van der Waals surface area contributed by atoms with Crippen LogP contribution in [0.25, 0.3) is 0 Å². The van der Waals surface area contributed by atoms with E-state index in [4.69, 9.17) is 9.52 Å². The second-order valence-electron chi connectivity index (χ2n) is 6.88. The molecule has 4 fully saturated rings. The topological polar surface area (TPSA) is 50.4 Å². The van der Waals surface area contributed by atoms with Gasteiger partial charge in [0.1, 0.15) is 5.76 Å². The van der Waals surface area contributed by atoms with Gasteiger partial charge in [-0.3, -0.25) is 0 Å². The van der Waals surface area contributed by atoms with Crippen LogP contribution < -0.4 is 0 Å². The van der Waals surface area contributed by atoms with E-state index in [1.54, 1.807) is 6.07 Å². The van der Waals surface area contributed by atoms with E-state index in [0.717, 1.165) is 29.4 Å². The Hall–Kier alpha value is -1.25. The summed E-state index contributed by atoms with van der Waals surface area (Å²) >= 11 is 0. The molecule has 4 saturated carbocycles. The van der Waals surface area contributed by atoms with Gasteiger partial charge in [-0.05, 0) is 80.2 Å². The van der Waals surface area contributed by atoms with Gasteiger partial charge in [0.15, 0.2) is 0 Å². The zero-order valence-corrected chi connectivity index (χ0v) is 11.3. The fourth-order valence-corrected chi connectivity index (χ4v) is 5.37. The molecule has 1 heterocycles. The van der Waals surface area contributed by atoms with Crippen molar-refractivity contribution >= 4 is 5.97 Å². The minimum absolute atomic E-state index is 0.112. The Kier molecular flexibility index (Phi) is 2.36. The third-order valence-electron chi connectivity index (χ3n) is 5.75. The minimum atomic E-state index is -0.946. The lowest BCUT2D eigenvalue weighted by molar-refractivity contribution is -0.00322. The monoisotopic (exact) mass is 260 g/mol. The highest BCUT2D eigenvalue weighted by Gasteiger charge is 2.49. The number of rotatable bonds is 2. The second kappa shape index (κ2) is 3.87. The highest BCUT2D eigenvalue weighted by molar-refractivity contribution is 5.84. The molecule has 102 valence electrons. The van der Waals surface area contributed by atoms with E-state index in [9.17, 15) is 4.79 Å². The van der Waals surface area contributed by atoms with Crippen LogP contribution in [0.2, 0.25) is 0 Å². The van der Waals surface area contributed by atoms with Crippen LogP contribution in [-0.2, 0) is 0 Å². The molecule has 3 nitrogen and oxygen atoms in total. The van der Waals surface area contributed by atoms with Crippen molar-refractivity contribution in [3.05, 3.63) is 23.2 Å². The first-order valence-corrected chi connectivity index (χ1v) is 7.45. The van der Waals surface area contributed by atoms with E-state index in [0.29, 0.717) is 5.92 Å². The third kappa shape index (κ3) is 1.67. The van der Waals surface area contributed by atoms with E-state index in [1.807, 2.05) is 6.92 Å². The number of hydrogen-bond donors (Lipinski definition) is 1. The van der Waals surface area contributed by atoms with E-state index >= 15 is 0 Å². The number of aryl methyl sites for hydroxylation is 1. The van der Waals surface area contributed by atoms with Crippen molar-refractivity contribution in [1.29, 1.82) is 0 Å². The summed E-state index contributed by atoms with van der Waals surface area (Å²) in [5.41, 5.74) is 1.19. The normalized spacial score (nSPS) is 39.7. The highest BCUT2D eigenvalue weighted by atomic mass is 16.4. The molecule has 0 saturated heterocycles. The maximum atomic E-state index is 11.1. The Balaban J connectivity index is 1.71. The van der Waals surface area contributed by atoms with Crippen molar-refractivity contribution in [1.82, 2.24) is 0 Å². The molecule has 0 unspecified atom stereocenters. The zero-order valence-electron chi connectivity index (χ0n) is 11.3. The predicted octanol–water partition coefficient (Wildman–Crippen LogP) is 3.83. The summed E-state index contributed by atoms with van der Waals surface area (Å²) < 4.78 is 5.43. The van der Waals surface area contributed by atoms with Gasteiger partial charge < -0.3 is 9.52 Å². The first kappa shape index (κ1) is 11.6. The molecule has 3 heteroatoms. The molecular formula is C16H20O3. The van der Waals surface area contributed by atoms with Gasteiger partial charge in [-0.25, -0.2) is 4.79 Å². The van der Waals surface area contributed by atoms with Gasteiger partial charge in [0.2, 0.25) is 5.76 Å². The lowest BCUT2D eigenvalue weighted by atomic mass is 9.51. The van der Waals surface area contributed by atoms with Gasteiger partial charge in [-0.2, -0.15) is 0 Å². The Morgan fingerprint density at radius 2 is 1.74 bits per heavy atom. The predicted molar refractivity (Wildman–Crippen MR) is 70.2 cm³/mol. The number of carbonyl (C=O) groups is 1. The number of furan rings is 1. The summed E-state index contributed by atoms with van der Waals surface area (Å²) in [7, 11) is 0. The average molecular weight is 260 g/mol. The van der Waals surface area contributed by atoms with Gasteiger partial charge in [0, 0.05) is 0 Å². The lowest BCUT2D eigenvalue weighted by Gasteiger charge is -2.54. The van der Waals surface area contributed by atoms with Crippen molar-refractivity contribution < 1.29 is 14.3 Å². The van der Waals surface area contributed by atoms with Gasteiger partial charge in [0.25, 0.3) is 0 Å². The average Bonchev–Trinajstić information content (AvgIpc) is 2.70. The maximum absolute atomic E-state index is 11.1. The molecule has 1 aromatic rings. The smallest absolute Gasteiger partial charge is 0.371 e. The van der Waals surface area contributed by atoms with Crippen LogP contribution in [0.3, 0.4) is 0 Å². The van der Waals surface area contributed by atoms with Crippen molar-refractivity contribution in [2.24, 2.45) is 23.7 Å². The molecule has 19 heavy (non-hydrogen) atoms. The molecule has 0 atom stereocenters. The SMILES string of the molecule is Cc1oc(C(=O)O)cc1C1C2CC3CC(C2)CC1C3. The summed E-state index contributed by atoms with van der Waals surface area (Å²) in [5.74, 6) is 4.00. The third-order valence-corrected chi connectivity index (χ3v) is 5.75. The Morgan fingerprint density at radius 1 is 1.16 bits per heavy atom. The Bertz CT molecular complexity index is 500. The Labute approximate surface area is 113 Å². The molecule has 5 rings (SSSR count). The number of aromatic carboxylic acids is 1. The first-order chi connectivity index (χ1) is 9.11. The summed E-state index contributed by atoms with van der Waals surface area (Å²) in [4.78, 5) is 11.1. The fourth-order valence-electron chi connectivity index (χ4n) is 5.37. The molecule has 0 radical (unpaired) electrons.